The van der Waals surface area contributed by atoms with Crippen molar-refractivity contribution >= 4 is 11.8 Å². The van der Waals surface area contributed by atoms with Crippen molar-refractivity contribution in [1.82, 2.24) is 25.0 Å². The van der Waals surface area contributed by atoms with Crippen molar-refractivity contribution in [3.05, 3.63) is 77.3 Å². The molecule has 0 saturated carbocycles. The summed E-state index contributed by atoms with van der Waals surface area (Å²) in [5.41, 5.74) is -6.63. The first-order valence-electron chi connectivity index (χ1n) is 14.4. The van der Waals surface area contributed by atoms with E-state index in [4.69, 9.17) is 13.9 Å². The van der Waals surface area contributed by atoms with Crippen LogP contribution in [0.15, 0.2) is 59.2 Å². The highest BCUT2D eigenvalue weighted by Gasteiger charge is 2.61. The first-order chi connectivity index (χ1) is 22.0. The van der Waals surface area contributed by atoms with Crippen LogP contribution >= 0.6 is 0 Å². The van der Waals surface area contributed by atoms with E-state index < -0.39 is 77.1 Å². The summed E-state index contributed by atoms with van der Waals surface area (Å²) in [5.74, 6) is -1.70. The number of amides is 1. The molecular weight excluding hydrogens is 634 g/mol. The minimum Gasteiger partial charge on any atom is -0.444 e. The molecule has 0 aliphatic carbocycles. The Bertz CT molecular complexity index is 1780. The summed E-state index contributed by atoms with van der Waals surface area (Å²) in [6.45, 7) is 4.13. The molecule has 3 aromatic heterocycles. The Balaban J connectivity index is 1.74. The van der Waals surface area contributed by atoms with Crippen molar-refractivity contribution in [3.63, 3.8) is 0 Å². The highest BCUT2D eigenvalue weighted by molar-refractivity contribution is 5.90. The van der Waals surface area contributed by atoms with Crippen molar-refractivity contribution in [3.8, 4) is 23.0 Å². The summed E-state index contributed by atoms with van der Waals surface area (Å²) in [6.07, 6.45) is -7.59. The Morgan fingerprint density at radius 2 is 1.74 bits per heavy atom. The van der Waals surface area contributed by atoms with Gasteiger partial charge < -0.3 is 13.9 Å². The van der Waals surface area contributed by atoms with Crippen LogP contribution in [-0.2, 0) is 41.3 Å². The van der Waals surface area contributed by atoms with Crippen molar-refractivity contribution in [1.29, 1.82) is 0 Å². The van der Waals surface area contributed by atoms with E-state index in [9.17, 15) is 18.0 Å². The van der Waals surface area contributed by atoms with Crippen molar-refractivity contribution in [2.24, 2.45) is 7.05 Å². The molecule has 4 bridgehead atoms. The van der Waals surface area contributed by atoms with Crippen LogP contribution in [0.3, 0.4) is 0 Å². The summed E-state index contributed by atoms with van der Waals surface area (Å²) in [4.78, 5) is 16.9. The number of benzene rings is 1. The quantitative estimate of drug-likeness (QED) is 0.174. The maximum absolute atomic E-state index is 15.1. The molecule has 1 unspecified atom stereocenters. The van der Waals surface area contributed by atoms with Gasteiger partial charge in [-0.25, -0.2) is 9.78 Å². The number of pyridine rings is 1. The summed E-state index contributed by atoms with van der Waals surface area (Å²) in [7, 11) is 1.50. The number of hydrogen-bond donors (Lipinski definition) is 1. The predicted molar refractivity (Wildman–Crippen MR) is 156 cm³/mol. The lowest BCUT2D eigenvalue weighted by atomic mass is 9.95. The van der Waals surface area contributed by atoms with Gasteiger partial charge in [-0.2, -0.15) is 31.4 Å². The van der Waals surface area contributed by atoms with Gasteiger partial charge in [-0.1, -0.05) is 42.5 Å². The lowest BCUT2D eigenvalue weighted by Crippen LogP contribution is -2.45. The van der Waals surface area contributed by atoms with E-state index in [1.165, 1.54) is 50.8 Å². The number of allylic oxidation sites excluding steroid dienone is 2. The number of anilines is 1. The molecule has 0 saturated heterocycles. The summed E-state index contributed by atoms with van der Waals surface area (Å²) in [6, 6.07) is 8.72. The lowest BCUT2D eigenvalue weighted by Gasteiger charge is -2.32. The molecule has 1 aromatic carbocycles. The molecule has 1 aliphatic heterocycles. The first kappa shape index (κ1) is 33.6. The van der Waals surface area contributed by atoms with E-state index in [-0.39, 0.29) is 18.5 Å². The molecule has 0 radical (unpaired) electrons. The summed E-state index contributed by atoms with van der Waals surface area (Å²) < 4.78 is 106. The Morgan fingerprint density at radius 1 is 1.02 bits per heavy atom. The van der Waals surface area contributed by atoms with Crippen molar-refractivity contribution in [2.45, 2.75) is 70.2 Å². The fourth-order valence-electron chi connectivity index (χ4n) is 4.93. The average molecular weight is 665 g/mol. The number of nitrogens with one attached hydrogen (secondary N) is 1. The normalized spacial score (nSPS) is 17.1. The highest BCUT2D eigenvalue weighted by Crippen LogP contribution is 2.47. The van der Waals surface area contributed by atoms with E-state index in [0.717, 1.165) is 0 Å². The zero-order valence-electron chi connectivity index (χ0n) is 25.7. The highest BCUT2D eigenvalue weighted by atomic mass is 19.4. The second-order valence-corrected chi connectivity index (χ2v) is 11.8. The largest absolute Gasteiger partial charge is 0.444 e. The third-order valence-electron chi connectivity index (χ3n) is 7.02. The topological polar surface area (TPSA) is 117 Å². The van der Waals surface area contributed by atoms with Gasteiger partial charge >= 0.3 is 18.4 Å². The van der Waals surface area contributed by atoms with Crippen LogP contribution < -0.4 is 5.32 Å². The molecule has 1 amide bonds. The molecule has 250 valence electrons. The SMILES string of the molecule is Cn1cc2c(n1)-c1nc(c(NC(=O)OC(C)(C)C)cc1C(F)(F)F)-c1nnc(o1)C(OCc1ccccc1)(C(F)(F)F)CCC=CC2. The number of halogens is 6. The molecule has 0 fully saturated rings. The minimum absolute atomic E-state index is 0.0255. The molecule has 4 aromatic rings. The molecule has 10 nitrogen and oxygen atoms in total. The van der Waals surface area contributed by atoms with Gasteiger partial charge in [0.1, 0.15) is 17.0 Å². The van der Waals surface area contributed by atoms with E-state index in [1.807, 2.05) is 0 Å². The standard InChI is InChI=1S/C31H30F6N6O4/c1-28(2,3)47-27(44)38-21-15-20(30(32,33)34)23-22-19(16-43(4)42-22)13-9-6-10-14-29(31(35,36)37,45-17-18-11-7-5-8-12-18)26-41-40-25(46-26)24(21)39-23/h5-9,11-12,15-16H,10,13-14,17H2,1-4H3,(H,38,44). The van der Waals surface area contributed by atoms with Crippen molar-refractivity contribution in [2.75, 3.05) is 5.32 Å². The molecule has 5 rings (SSSR count). The number of rotatable bonds is 4. The van der Waals surface area contributed by atoms with E-state index in [2.05, 4.69) is 25.6 Å². The summed E-state index contributed by atoms with van der Waals surface area (Å²) >= 11 is 0. The number of ether oxygens (including phenoxy) is 2. The molecular formula is C31H30F6N6O4. The smallest absolute Gasteiger partial charge is 0.426 e. The Kier molecular flexibility index (Phi) is 8.92. The molecule has 1 aliphatic rings. The van der Waals surface area contributed by atoms with Crippen LogP contribution in [0.4, 0.5) is 36.8 Å². The molecule has 47 heavy (non-hydrogen) atoms. The van der Waals surface area contributed by atoms with Gasteiger partial charge in [-0.05, 0) is 51.7 Å². The molecule has 4 heterocycles. The van der Waals surface area contributed by atoms with Gasteiger partial charge in [0.15, 0.2) is 5.69 Å². The molecule has 0 spiro atoms. The average Bonchev–Trinajstić information content (AvgIpc) is 3.59. The van der Waals surface area contributed by atoms with Crippen LogP contribution in [0.2, 0.25) is 0 Å². The van der Waals surface area contributed by atoms with Crippen molar-refractivity contribution < 1.29 is 45.0 Å². The van der Waals surface area contributed by atoms with Gasteiger partial charge in [0.2, 0.25) is 5.60 Å². The number of carbonyl (C=O) groups is 1. The number of nitrogens with zero attached hydrogens (tertiary/aromatic N) is 5. The predicted octanol–water partition coefficient (Wildman–Crippen LogP) is 7.76. The zero-order valence-corrected chi connectivity index (χ0v) is 25.7. The van der Waals surface area contributed by atoms with Crippen LogP contribution in [0.25, 0.3) is 23.0 Å². The number of alkyl halides is 6. The lowest BCUT2D eigenvalue weighted by molar-refractivity contribution is -0.299. The molecule has 1 N–H and O–H groups in total. The minimum atomic E-state index is -5.08. The van der Waals surface area contributed by atoms with E-state index in [1.54, 1.807) is 30.3 Å². The van der Waals surface area contributed by atoms with Gasteiger partial charge in [0.25, 0.3) is 11.8 Å². The van der Waals surface area contributed by atoms with Crippen LogP contribution in [0.5, 0.6) is 0 Å². The van der Waals surface area contributed by atoms with Gasteiger partial charge in [0, 0.05) is 18.8 Å². The number of aryl methyl sites for hydroxylation is 1. The molecule has 1 atom stereocenters. The Labute approximate surface area is 264 Å². The maximum atomic E-state index is 15.1. The number of hydrogen-bond acceptors (Lipinski definition) is 8. The third kappa shape index (κ3) is 7.32. The monoisotopic (exact) mass is 664 g/mol. The van der Waals surface area contributed by atoms with Crippen LogP contribution in [0, 0.1) is 0 Å². The number of aromatic nitrogens is 5. The Hall–Kier alpha value is -4.73. The second kappa shape index (κ2) is 12.5. The second-order valence-electron chi connectivity index (χ2n) is 11.8. The zero-order chi connectivity index (χ0) is 34.2. The van der Waals surface area contributed by atoms with E-state index >= 15 is 13.2 Å². The fraction of sp³-hybridized carbons (Fsp3) is 0.387. The van der Waals surface area contributed by atoms with Crippen LogP contribution in [0.1, 0.15) is 56.2 Å². The summed E-state index contributed by atoms with van der Waals surface area (Å²) in [5, 5.41) is 13.9. The fourth-order valence-corrected chi connectivity index (χ4v) is 4.93. The Morgan fingerprint density at radius 3 is 2.40 bits per heavy atom. The number of carbonyl (C=O) groups excluding carboxylic acids is 1. The van der Waals surface area contributed by atoms with Gasteiger partial charge in [-0.15, -0.1) is 10.2 Å². The third-order valence-corrected chi connectivity index (χ3v) is 7.02. The first-order valence-corrected chi connectivity index (χ1v) is 14.4. The molecule has 16 heteroatoms. The van der Waals surface area contributed by atoms with Gasteiger partial charge in [0.05, 0.1) is 17.9 Å². The maximum Gasteiger partial charge on any atom is 0.426 e. The van der Waals surface area contributed by atoms with Gasteiger partial charge in [-0.3, -0.25) is 10.00 Å². The number of fused-ring (bicyclic) bond motifs is 7. The van der Waals surface area contributed by atoms with E-state index in [0.29, 0.717) is 17.2 Å². The van der Waals surface area contributed by atoms with Crippen LogP contribution in [-0.4, -0.2) is 42.8 Å².